The van der Waals surface area contributed by atoms with Crippen LogP contribution in [0.25, 0.3) is 0 Å². The summed E-state index contributed by atoms with van der Waals surface area (Å²) in [6.45, 7) is 9.85. The quantitative estimate of drug-likeness (QED) is 0.132. The summed E-state index contributed by atoms with van der Waals surface area (Å²) in [5.74, 6) is -1.62. The zero-order valence-corrected chi connectivity index (χ0v) is 25.6. The van der Waals surface area contributed by atoms with E-state index in [-0.39, 0.29) is 23.1 Å². The number of aromatic carboxylic acids is 2. The van der Waals surface area contributed by atoms with Crippen molar-refractivity contribution in [3.05, 3.63) is 70.8 Å². The minimum absolute atomic E-state index is 0.190. The normalized spacial score (nSPS) is 10.6. The van der Waals surface area contributed by atoms with Gasteiger partial charge >= 0.3 is 23.9 Å². The highest BCUT2D eigenvalue weighted by molar-refractivity contribution is 6.01. The zero-order chi connectivity index (χ0) is 31.3. The molecule has 0 saturated heterocycles. The monoisotopic (exact) mass is 584 g/mol. The molecule has 0 radical (unpaired) electrons. The van der Waals surface area contributed by atoms with E-state index >= 15 is 0 Å². The number of unbranched alkanes of at least 4 members (excludes halogenated alkanes) is 6. The van der Waals surface area contributed by atoms with Crippen LogP contribution in [0.15, 0.2) is 48.5 Å². The maximum Gasteiger partial charge on any atom is 0.338 e. The number of ether oxygens (including phenoxy) is 2. The van der Waals surface area contributed by atoms with Gasteiger partial charge in [0.1, 0.15) is 0 Å². The molecule has 2 aromatic rings. The fraction of sp³-hybridized carbons (Fsp3) is 0.529. The van der Waals surface area contributed by atoms with Crippen molar-refractivity contribution in [2.24, 2.45) is 11.8 Å². The van der Waals surface area contributed by atoms with Crippen LogP contribution in [0.2, 0.25) is 0 Å². The highest BCUT2D eigenvalue weighted by Gasteiger charge is 2.14. The van der Waals surface area contributed by atoms with Crippen molar-refractivity contribution in [3.63, 3.8) is 0 Å². The molecule has 0 saturated carbocycles. The Morgan fingerprint density at radius 3 is 1.19 bits per heavy atom. The van der Waals surface area contributed by atoms with Gasteiger partial charge in [-0.25, -0.2) is 19.2 Å². The first-order valence-corrected chi connectivity index (χ1v) is 15.0. The molecule has 0 aliphatic heterocycles. The maximum atomic E-state index is 12.1. The molecule has 42 heavy (non-hydrogen) atoms. The third-order valence-electron chi connectivity index (χ3n) is 6.56. The minimum Gasteiger partial charge on any atom is -0.478 e. The van der Waals surface area contributed by atoms with Crippen molar-refractivity contribution in [2.45, 2.75) is 91.9 Å². The fourth-order valence-corrected chi connectivity index (χ4v) is 4.11. The summed E-state index contributed by atoms with van der Waals surface area (Å²) in [5.41, 5.74) is 0.558. The van der Waals surface area contributed by atoms with Crippen LogP contribution in [0.3, 0.4) is 0 Å². The second-order valence-electron chi connectivity index (χ2n) is 11.2. The first kappa shape index (κ1) is 36.3. The van der Waals surface area contributed by atoms with Crippen molar-refractivity contribution in [2.75, 3.05) is 13.2 Å². The Kier molecular flexibility index (Phi) is 18.2. The van der Waals surface area contributed by atoms with Crippen LogP contribution in [0.4, 0.5) is 0 Å². The first-order chi connectivity index (χ1) is 20.0. The van der Waals surface area contributed by atoms with Gasteiger partial charge in [-0.15, -0.1) is 0 Å². The summed E-state index contributed by atoms with van der Waals surface area (Å²) in [7, 11) is 0. The molecule has 2 N–H and O–H groups in total. The number of carbonyl (C=O) groups is 4. The molecule has 0 unspecified atom stereocenters. The van der Waals surface area contributed by atoms with E-state index in [0.717, 1.165) is 37.5 Å². The number of carboxylic acids is 2. The van der Waals surface area contributed by atoms with Crippen molar-refractivity contribution < 1.29 is 38.9 Å². The molecule has 8 nitrogen and oxygen atoms in total. The van der Waals surface area contributed by atoms with Crippen molar-refractivity contribution >= 4 is 23.9 Å². The number of rotatable bonds is 18. The highest BCUT2D eigenvalue weighted by Crippen LogP contribution is 2.13. The summed E-state index contributed by atoms with van der Waals surface area (Å²) < 4.78 is 10.7. The predicted octanol–water partition coefficient (Wildman–Crippen LogP) is 8.30. The van der Waals surface area contributed by atoms with Gasteiger partial charge in [-0.05, 0) is 61.1 Å². The molecule has 0 heterocycles. The Morgan fingerprint density at radius 1 is 0.548 bits per heavy atom. The lowest BCUT2D eigenvalue weighted by atomic mass is 10.0. The molecule has 0 aliphatic carbocycles. The number of carboxylic acid groups (broad SMARTS) is 2. The number of hydrogen-bond acceptors (Lipinski definition) is 6. The number of carbonyl (C=O) groups excluding carboxylic acids is 2. The lowest BCUT2D eigenvalue weighted by Crippen LogP contribution is -2.09. The molecule has 8 heteroatoms. The fourth-order valence-electron chi connectivity index (χ4n) is 4.11. The van der Waals surface area contributed by atoms with Crippen LogP contribution in [0, 0.1) is 11.8 Å². The van der Waals surface area contributed by atoms with Crippen LogP contribution < -0.4 is 0 Å². The zero-order valence-electron chi connectivity index (χ0n) is 25.6. The number of esters is 2. The van der Waals surface area contributed by atoms with E-state index in [2.05, 4.69) is 27.7 Å². The Morgan fingerprint density at radius 2 is 0.881 bits per heavy atom. The predicted molar refractivity (Wildman–Crippen MR) is 163 cm³/mol. The summed E-state index contributed by atoms with van der Waals surface area (Å²) >= 11 is 0. The van der Waals surface area contributed by atoms with Gasteiger partial charge in [-0.1, -0.05) is 91.2 Å². The van der Waals surface area contributed by atoms with E-state index in [4.69, 9.17) is 19.7 Å². The Balaban J connectivity index is 0.000000609. The van der Waals surface area contributed by atoms with Crippen LogP contribution >= 0.6 is 0 Å². The van der Waals surface area contributed by atoms with Gasteiger partial charge < -0.3 is 19.7 Å². The SMILES string of the molecule is CC(C)CCCCCCOC(=O)c1ccc(C(=O)OCCCCCCC(C)C)cc1.O=C(O)c1ccccc1C(=O)O. The van der Waals surface area contributed by atoms with Crippen LogP contribution in [-0.4, -0.2) is 47.3 Å². The smallest absolute Gasteiger partial charge is 0.338 e. The van der Waals surface area contributed by atoms with Gasteiger partial charge in [-0.3, -0.25) is 0 Å². The molecule has 0 fully saturated rings. The summed E-state index contributed by atoms with van der Waals surface area (Å²) in [4.78, 5) is 45.1. The van der Waals surface area contributed by atoms with Gasteiger partial charge in [0, 0.05) is 0 Å². The van der Waals surface area contributed by atoms with Crippen molar-refractivity contribution in [3.8, 4) is 0 Å². The van der Waals surface area contributed by atoms with Crippen molar-refractivity contribution in [1.82, 2.24) is 0 Å². The molecule has 0 amide bonds. The van der Waals surface area contributed by atoms with Gasteiger partial charge in [0.15, 0.2) is 0 Å². The Labute approximate surface area is 250 Å². The average Bonchev–Trinajstić information content (AvgIpc) is 2.96. The largest absolute Gasteiger partial charge is 0.478 e. The van der Waals surface area contributed by atoms with E-state index in [0.29, 0.717) is 24.3 Å². The van der Waals surface area contributed by atoms with E-state index in [9.17, 15) is 19.2 Å². The van der Waals surface area contributed by atoms with E-state index in [1.165, 1.54) is 62.8 Å². The second-order valence-corrected chi connectivity index (χ2v) is 11.2. The number of hydrogen-bond donors (Lipinski definition) is 2. The maximum absolute atomic E-state index is 12.1. The minimum atomic E-state index is -1.23. The van der Waals surface area contributed by atoms with Crippen LogP contribution in [0.1, 0.15) is 133 Å². The molecule has 0 atom stereocenters. The first-order valence-electron chi connectivity index (χ1n) is 15.0. The molecule has 232 valence electrons. The lowest BCUT2D eigenvalue weighted by Gasteiger charge is -2.08. The van der Waals surface area contributed by atoms with Gasteiger partial charge in [0.05, 0.1) is 35.5 Å². The summed E-state index contributed by atoms with van der Waals surface area (Å²) in [6, 6.07) is 12.0. The van der Waals surface area contributed by atoms with E-state index in [1.54, 1.807) is 24.3 Å². The van der Waals surface area contributed by atoms with Gasteiger partial charge in [0.25, 0.3) is 0 Å². The van der Waals surface area contributed by atoms with Gasteiger partial charge in [-0.2, -0.15) is 0 Å². The number of benzene rings is 2. The molecular formula is C34H48O8. The highest BCUT2D eigenvalue weighted by atomic mass is 16.5. The standard InChI is InChI=1S/C26H42O4.C8H6O4/c1-21(2)13-9-5-7-11-19-29-25(27)23-15-17-24(18-16-23)26(28)30-20-12-8-6-10-14-22(3)4;9-7(10)5-3-1-2-4-6(5)8(11)12/h15-18,21-22H,5-14,19-20H2,1-4H3;1-4H,(H,9,10)(H,11,12). The van der Waals surface area contributed by atoms with E-state index < -0.39 is 11.9 Å². The van der Waals surface area contributed by atoms with E-state index in [1.807, 2.05) is 0 Å². The van der Waals surface area contributed by atoms with Crippen LogP contribution in [-0.2, 0) is 9.47 Å². The lowest BCUT2D eigenvalue weighted by molar-refractivity contribution is 0.0483. The Hall–Kier alpha value is -3.68. The molecule has 2 aromatic carbocycles. The van der Waals surface area contributed by atoms with Crippen LogP contribution in [0.5, 0.6) is 0 Å². The second kappa shape index (κ2) is 21.1. The molecule has 0 aliphatic rings. The third kappa shape index (κ3) is 15.9. The summed E-state index contributed by atoms with van der Waals surface area (Å²) in [5, 5.41) is 17.1. The topological polar surface area (TPSA) is 127 Å². The Bertz CT molecular complexity index is 1000. The van der Waals surface area contributed by atoms with Gasteiger partial charge in [0.2, 0.25) is 0 Å². The molecule has 0 bridgehead atoms. The molecule has 0 aromatic heterocycles. The molecular weight excluding hydrogens is 536 g/mol. The average molecular weight is 585 g/mol. The molecule has 2 rings (SSSR count). The molecule has 0 spiro atoms. The summed E-state index contributed by atoms with van der Waals surface area (Å²) in [6.07, 6.45) is 11.3. The van der Waals surface area contributed by atoms with Crippen molar-refractivity contribution in [1.29, 1.82) is 0 Å². The third-order valence-corrected chi connectivity index (χ3v) is 6.56.